The molecule has 0 aromatic carbocycles. The molecule has 0 radical (unpaired) electrons. The lowest BCUT2D eigenvalue weighted by molar-refractivity contribution is 0.00162. The molecular weight excluding hydrogens is 194 g/mol. The zero-order valence-corrected chi connectivity index (χ0v) is 9.93. The van der Waals surface area contributed by atoms with Crippen LogP contribution in [0.2, 0.25) is 0 Å². The number of nitrogens with two attached hydrogens (primary N) is 1. The second kappa shape index (κ2) is 5.49. The maximum Gasteiger partial charge on any atom is 0.104 e. The second-order valence-electron chi connectivity index (χ2n) is 3.55. The zero-order chi connectivity index (χ0) is 10.6. The van der Waals surface area contributed by atoms with Crippen LogP contribution in [0.15, 0.2) is 11.4 Å². The van der Waals surface area contributed by atoms with Crippen LogP contribution in [0, 0.1) is 6.92 Å². The van der Waals surface area contributed by atoms with Crippen LogP contribution in [0.3, 0.4) is 0 Å². The summed E-state index contributed by atoms with van der Waals surface area (Å²) in [4.78, 5) is 1.27. The van der Waals surface area contributed by atoms with Gasteiger partial charge in [-0.2, -0.15) is 0 Å². The molecule has 3 heteroatoms. The molecular formula is C11H19NOS. The van der Waals surface area contributed by atoms with Crippen molar-refractivity contribution in [2.24, 2.45) is 5.73 Å². The van der Waals surface area contributed by atoms with E-state index in [-0.39, 0.29) is 12.2 Å². The van der Waals surface area contributed by atoms with Gasteiger partial charge >= 0.3 is 0 Å². The van der Waals surface area contributed by atoms with Gasteiger partial charge in [0, 0.05) is 11.4 Å². The van der Waals surface area contributed by atoms with Crippen molar-refractivity contribution in [1.82, 2.24) is 0 Å². The Morgan fingerprint density at radius 3 is 2.71 bits per heavy atom. The maximum absolute atomic E-state index is 5.86. The van der Waals surface area contributed by atoms with Crippen LogP contribution < -0.4 is 5.73 Å². The molecule has 2 unspecified atom stereocenters. The quantitative estimate of drug-likeness (QED) is 0.816. The number of rotatable bonds is 5. The van der Waals surface area contributed by atoms with Crippen molar-refractivity contribution < 1.29 is 4.74 Å². The normalized spacial score (nSPS) is 15.4. The zero-order valence-electron chi connectivity index (χ0n) is 9.12. The van der Waals surface area contributed by atoms with E-state index in [4.69, 9.17) is 10.5 Å². The summed E-state index contributed by atoms with van der Waals surface area (Å²) >= 11 is 1.73. The van der Waals surface area contributed by atoms with Crippen LogP contribution in [0.5, 0.6) is 0 Å². The molecule has 2 atom stereocenters. The van der Waals surface area contributed by atoms with Gasteiger partial charge in [0.15, 0.2) is 0 Å². The molecule has 0 aliphatic rings. The highest BCUT2D eigenvalue weighted by atomic mass is 32.1. The minimum Gasteiger partial charge on any atom is -0.368 e. The minimum atomic E-state index is 0.0740. The lowest BCUT2D eigenvalue weighted by Gasteiger charge is -2.20. The third-order valence-electron chi connectivity index (χ3n) is 2.38. The number of aryl methyl sites for hydroxylation is 1. The summed E-state index contributed by atoms with van der Waals surface area (Å²) in [6.07, 6.45) is 1.39. The lowest BCUT2D eigenvalue weighted by Crippen LogP contribution is -2.20. The van der Waals surface area contributed by atoms with Gasteiger partial charge in [0.05, 0.1) is 6.10 Å². The fraction of sp³-hybridized carbons (Fsp3) is 0.636. The highest BCUT2D eigenvalue weighted by Crippen LogP contribution is 2.27. The summed E-state index contributed by atoms with van der Waals surface area (Å²) in [6.45, 7) is 6.88. The van der Waals surface area contributed by atoms with E-state index in [1.165, 1.54) is 10.4 Å². The van der Waals surface area contributed by atoms with Gasteiger partial charge in [0.1, 0.15) is 6.10 Å². The molecule has 0 aliphatic heterocycles. The molecule has 0 bridgehead atoms. The van der Waals surface area contributed by atoms with Crippen LogP contribution in [0.4, 0.5) is 0 Å². The third kappa shape index (κ3) is 2.80. The van der Waals surface area contributed by atoms with Crippen molar-refractivity contribution in [3.8, 4) is 0 Å². The van der Waals surface area contributed by atoms with Crippen LogP contribution >= 0.6 is 11.3 Å². The van der Waals surface area contributed by atoms with Gasteiger partial charge in [0.25, 0.3) is 0 Å². The van der Waals surface area contributed by atoms with Gasteiger partial charge in [-0.3, -0.25) is 0 Å². The smallest absolute Gasteiger partial charge is 0.104 e. The van der Waals surface area contributed by atoms with E-state index < -0.39 is 0 Å². The second-order valence-corrected chi connectivity index (χ2v) is 4.49. The molecule has 0 saturated carbocycles. The molecule has 2 N–H and O–H groups in total. The molecule has 2 nitrogen and oxygen atoms in total. The van der Waals surface area contributed by atoms with Crippen molar-refractivity contribution in [3.05, 3.63) is 21.9 Å². The maximum atomic E-state index is 5.86. The Labute approximate surface area is 90.1 Å². The first-order valence-electron chi connectivity index (χ1n) is 5.08. The van der Waals surface area contributed by atoms with Crippen molar-refractivity contribution in [2.45, 2.75) is 39.4 Å². The first-order chi connectivity index (χ1) is 6.69. The highest BCUT2D eigenvalue weighted by molar-refractivity contribution is 7.10. The molecule has 1 rings (SSSR count). The monoisotopic (exact) mass is 213 g/mol. The van der Waals surface area contributed by atoms with E-state index in [1.807, 2.05) is 0 Å². The van der Waals surface area contributed by atoms with Gasteiger partial charge in [-0.05, 0) is 37.3 Å². The van der Waals surface area contributed by atoms with E-state index in [0.717, 1.165) is 6.42 Å². The summed E-state index contributed by atoms with van der Waals surface area (Å²) in [5.41, 5.74) is 7.00. The van der Waals surface area contributed by atoms with Gasteiger partial charge in [-0.25, -0.2) is 0 Å². The number of hydrogen-bond acceptors (Lipinski definition) is 3. The fourth-order valence-electron chi connectivity index (χ4n) is 1.32. The predicted octanol–water partition coefficient (Wildman–Crippen LogP) is 2.87. The Bertz CT molecular complexity index is 272. The molecule has 0 aliphatic carbocycles. The molecule has 1 heterocycles. The van der Waals surface area contributed by atoms with Crippen molar-refractivity contribution in [2.75, 3.05) is 6.54 Å². The Hall–Kier alpha value is -0.380. The molecule has 0 saturated heterocycles. The number of hydrogen-bond donors (Lipinski definition) is 1. The molecule has 1 aromatic heterocycles. The van der Waals surface area contributed by atoms with Gasteiger partial charge in [-0.15, -0.1) is 11.3 Å². The molecule has 0 amide bonds. The molecule has 1 aromatic rings. The Balaban J connectivity index is 2.67. The number of ether oxygens (including phenoxy) is 1. The molecule has 0 spiro atoms. The van der Waals surface area contributed by atoms with Crippen molar-refractivity contribution in [3.63, 3.8) is 0 Å². The van der Waals surface area contributed by atoms with Gasteiger partial charge in [-0.1, -0.05) is 6.92 Å². The highest BCUT2D eigenvalue weighted by Gasteiger charge is 2.16. The largest absolute Gasteiger partial charge is 0.368 e. The van der Waals surface area contributed by atoms with Gasteiger partial charge in [0.2, 0.25) is 0 Å². The molecule has 80 valence electrons. The van der Waals surface area contributed by atoms with E-state index in [1.54, 1.807) is 11.3 Å². The Morgan fingerprint density at radius 2 is 2.29 bits per heavy atom. The lowest BCUT2D eigenvalue weighted by atomic mass is 10.2. The summed E-state index contributed by atoms with van der Waals surface area (Å²) in [6, 6.07) is 2.11. The standard InChI is InChI=1S/C11H19NOS/c1-4-9(3)13-10(7-12)11-8(2)5-6-14-11/h5-6,9-10H,4,7,12H2,1-3H3. The molecule has 14 heavy (non-hydrogen) atoms. The van der Waals surface area contributed by atoms with Crippen LogP contribution in [-0.2, 0) is 4.74 Å². The third-order valence-corrected chi connectivity index (χ3v) is 3.49. The van der Waals surface area contributed by atoms with E-state index >= 15 is 0 Å². The average molecular weight is 213 g/mol. The molecule has 0 fully saturated rings. The number of thiophene rings is 1. The average Bonchev–Trinajstić information content (AvgIpc) is 2.60. The van der Waals surface area contributed by atoms with Crippen LogP contribution in [0.1, 0.15) is 36.8 Å². The van der Waals surface area contributed by atoms with E-state index in [9.17, 15) is 0 Å². The predicted molar refractivity (Wildman–Crippen MR) is 61.7 cm³/mol. The van der Waals surface area contributed by atoms with Gasteiger partial charge < -0.3 is 10.5 Å². The summed E-state index contributed by atoms with van der Waals surface area (Å²) in [7, 11) is 0. The fourth-order valence-corrected chi connectivity index (χ4v) is 2.29. The van der Waals surface area contributed by atoms with E-state index in [0.29, 0.717) is 6.54 Å². The van der Waals surface area contributed by atoms with E-state index in [2.05, 4.69) is 32.2 Å². The van der Waals surface area contributed by atoms with Crippen LogP contribution in [-0.4, -0.2) is 12.6 Å². The van der Waals surface area contributed by atoms with Crippen molar-refractivity contribution in [1.29, 1.82) is 0 Å². The first kappa shape index (κ1) is 11.7. The topological polar surface area (TPSA) is 35.2 Å². The summed E-state index contributed by atoms with van der Waals surface area (Å²) in [5.74, 6) is 0. The summed E-state index contributed by atoms with van der Waals surface area (Å²) < 4.78 is 5.86. The summed E-state index contributed by atoms with van der Waals surface area (Å²) in [5, 5.41) is 2.09. The first-order valence-corrected chi connectivity index (χ1v) is 5.96. The Morgan fingerprint density at radius 1 is 1.57 bits per heavy atom. The minimum absolute atomic E-state index is 0.0740. The Kier molecular flexibility index (Phi) is 4.58. The SMILES string of the molecule is CCC(C)OC(CN)c1sccc1C. The van der Waals surface area contributed by atoms with Crippen molar-refractivity contribution >= 4 is 11.3 Å². The van der Waals surface area contributed by atoms with Crippen LogP contribution in [0.25, 0.3) is 0 Å².